The first kappa shape index (κ1) is 25.7. The Labute approximate surface area is 190 Å². The van der Waals surface area contributed by atoms with Crippen LogP contribution in [0.5, 0.6) is 17.2 Å². The van der Waals surface area contributed by atoms with Gasteiger partial charge in [0, 0.05) is 30.9 Å². The summed E-state index contributed by atoms with van der Waals surface area (Å²) in [5.41, 5.74) is 1.28. The van der Waals surface area contributed by atoms with Crippen LogP contribution in [0.15, 0.2) is 47.5 Å². The van der Waals surface area contributed by atoms with E-state index in [1.54, 1.807) is 50.6 Å². The molecule has 0 aliphatic rings. The Hall–Kier alpha value is -2.37. The van der Waals surface area contributed by atoms with Crippen molar-refractivity contribution in [1.82, 2.24) is 5.32 Å². The van der Waals surface area contributed by atoms with E-state index in [0.717, 1.165) is 0 Å². The third-order valence-corrected chi connectivity index (χ3v) is 3.76. The molecule has 0 heterocycles. The first-order valence-corrected chi connectivity index (χ1v) is 8.92. The summed E-state index contributed by atoms with van der Waals surface area (Å²) in [6.45, 7) is 1.28. The molecule has 0 saturated carbocycles. The molecule has 0 unspecified atom stereocenters. The van der Waals surface area contributed by atoms with Crippen LogP contribution < -0.4 is 24.8 Å². The van der Waals surface area contributed by atoms with Crippen LogP contribution in [0.2, 0.25) is 0 Å². The number of nitrogens with one attached hydrogen (secondary N) is 2. The summed E-state index contributed by atoms with van der Waals surface area (Å²) in [7, 11) is 3.14. The molecule has 0 saturated heterocycles. The third-order valence-electron chi connectivity index (χ3n) is 3.76. The van der Waals surface area contributed by atoms with Crippen molar-refractivity contribution in [2.24, 2.45) is 4.99 Å². The second-order valence-electron chi connectivity index (χ2n) is 5.86. The number of guanidine groups is 1. The van der Waals surface area contributed by atoms with Crippen molar-refractivity contribution in [2.45, 2.75) is 19.6 Å². The van der Waals surface area contributed by atoms with E-state index in [4.69, 9.17) is 14.2 Å². The van der Waals surface area contributed by atoms with Crippen LogP contribution in [0.3, 0.4) is 0 Å². The van der Waals surface area contributed by atoms with Gasteiger partial charge < -0.3 is 24.8 Å². The predicted molar refractivity (Wildman–Crippen MR) is 121 cm³/mol. The second-order valence-corrected chi connectivity index (χ2v) is 5.86. The van der Waals surface area contributed by atoms with Gasteiger partial charge in [0.05, 0.1) is 13.7 Å². The number of halogens is 4. The van der Waals surface area contributed by atoms with Crippen LogP contribution in [-0.2, 0) is 6.54 Å². The molecular weight excluding hydrogens is 514 g/mol. The molecule has 0 amide bonds. The number of hydrogen-bond donors (Lipinski definition) is 2. The van der Waals surface area contributed by atoms with E-state index in [9.17, 15) is 13.2 Å². The highest BCUT2D eigenvalue weighted by molar-refractivity contribution is 14.0. The fourth-order valence-electron chi connectivity index (χ4n) is 2.47. The zero-order valence-electron chi connectivity index (χ0n) is 16.9. The highest BCUT2D eigenvalue weighted by atomic mass is 127. The van der Waals surface area contributed by atoms with E-state index in [1.165, 1.54) is 6.07 Å². The number of para-hydroxylation sites is 1. The zero-order chi connectivity index (χ0) is 21.3. The highest BCUT2D eigenvalue weighted by Gasteiger charge is 2.28. The first-order chi connectivity index (χ1) is 13.9. The van der Waals surface area contributed by atoms with E-state index in [1.807, 2.05) is 6.92 Å². The number of ether oxygens (including phenoxy) is 3. The van der Waals surface area contributed by atoms with E-state index in [0.29, 0.717) is 35.3 Å². The standard InChI is InChI=1S/C20H24F3N3O3.HI/c1-4-28-17-10-9-15(11-18(17)27-3)26-19(24-2)25-12-14-7-5-6-8-16(14)29-13-20(21,22)23;/h5-11H,4,12-13H2,1-3H3,(H2,24,25,26);1H. The summed E-state index contributed by atoms with van der Waals surface area (Å²) in [6.07, 6.45) is -4.40. The number of alkyl halides is 3. The maximum atomic E-state index is 12.4. The van der Waals surface area contributed by atoms with Crippen LogP contribution in [0.1, 0.15) is 12.5 Å². The minimum absolute atomic E-state index is 0. The molecule has 2 aromatic rings. The van der Waals surface area contributed by atoms with Crippen molar-refractivity contribution < 1.29 is 27.4 Å². The number of nitrogens with zero attached hydrogens (tertiary/aromatic N) is 1. The first-order valence-electron chi connectivity index (χ1n) is 8.92. The Kier molecular flexibility index (Phi) is 10.6. The van der Waals surface area contributed by atoms with Crippen LogP contribution >= 0.6 is 24.0 Å². The van der Waals surface area contributed by atoms with Gasteiger partial charge in [-0.2, -0.15) is 13.2 Å². The molecule has 0 radical (unpaired) electrons. The lowest BCUT2D eigenvalue weighted by Crippen LogP contribution is -2.30. The quantitative estimate of drug-likeness (QED) is 0.286. The number of aliphatic imine (C=N–C) groups is 1. The lowest BCUT2D eigenvalue weighted by molar-refractivity contribution is -0.153. The van der Waals surface area contributed by atoms with Gasteiger partial charge in [-0.1, -0.05) is 18.2 Å². The van der Waals surface area contributed by atoms with E-state index in [-0.39, 0.29) is 36.3 Å². The van der Waals surface area contributed by atoms with Crippen molar-refractivity contribution >= 4 is 35.6 Å². The number of rotatable bonds is 8. The van der Waals surface area contributed by atoms with Gasteiger partial charge in [0.1, 0.15) is 5.75 Å². The van der Waals surface area contributed by atoms with Gasteiger partial charge in [-0.15, -0.1) is 24.0 Å². The number of hydrogen-bond acceptors (Lipinski definition) is 4. The molecule has 6 nitrogen and oxygen atoms in total. The van der Waals surface area contributed by atoms with Gasteiger partial charge in [-0.3, -0.25) is 4.99 Å². The van der Waals surface area contributed by atoms with Crippen molar-refractivity contribution in [1.29, 1.82) is 0 Å². The Balaban J connectivity index is 0.00000450. The molecular formula is C20H25F3IN3O3. The molecule has 0 aromatic heterocycles. The van der Waals surface area contributed by atoms with Crippen molar-refractivity contribution in [3.05, 3.63) is 48.0 Å². The van der Waals surface area contributed by atoms with E-state index >= 15 is 0 Å². The molecule has 0 bridgehead atoms. The van der Waals surface area contributed by atoms with Gasteiger partial charge in [0.2, 0.25) is 0 Å². The average molecular weight is 539 g/mol. The monoisotopic (exact) mass is 539 g/mol. The lowest BCUT2D eigenvalue weighted by atomic mass is 10.2. The third kappa shape index (κ3) is 8.17. The van der Waals surface area contributed by atoms with Gasteiger partial charge in [0.25, 0.3) is 0 Å². The topological polar surface area (TPSA) is 64.1 Å². The Morgan fingerprint density at radius 1 is 1.03 bits per heavy atom. The van der Waals surface area contributed by atoms with Crippen LogP contribution in [-0.4, -0.2) is 39.5 Å². The number of anilines is 1. The Bertz CT molecular complexity index is 832. The van der Waals surface area contributed by atoms with E-state index in [2.05, 4.69) is 15.6 Å². The minimum atomic E-state index is -4.40. The largest absolute Gasteiger partial charge is 0.493 e. The van der Waals surface area contributed by atoms with Crippen LogP contribution in [0, 0.1) is 0 Å². The van der Waals surface area contributed by atoms with Gasteiger partial charge >= 0.3 is 6.18 Å². The minimum Gasteiger partial charge on any atom is -0.493 e. The predicted octanol–water partition coefficient (Wildman–Crippen LogP) is 4.84. The van der Waals surface area contributed by atoms with Gasteiger partial charge in [-0.25, -0.2) is 0 Å². The SMILES string of the molecule is CCOc1ccc(NC(=NC)NCc2ccccc2OCC(F)(F)F)cc1OC.I. The zero-order valence-corrected chi connectivity index (χ0v) is 19.2. The molecule has 2 rings (SSSR count). The van der Waals surface area contributed by atoms with Crippen LogP contribution in [0.25, 0.3) is 0 Å². The summed E-state index contributed by atoms with van der Waals surface area (Å²) < 4.78 is 53.0. The summed E-state index contributed by atoms with van der Waals surface area (Å²) in [5, 5.41) is 6.16. The molecule has 30 heavy (non-hydrogen) atoms. The summed E-state index contributed by atoms with van der Waals surface area (Å²) >= 11 is 0. The van der Waals surface area contributed by atoms with Gasteiger partial charge in [0.15, 0.2) is 24.1 Å². The molecule has 2 N–H and O–H groups in total. The lowest BCUT2D eigenvalue weighted by Gasteiger charge is -2.16. The molecule has 166 valence electrons. The maximum Gasteiger partial charge on any atom is 0.422 e. The van der Waals surface area contributed by atoms with Crippen LogP contribution in [0.4, 0.5) is 18.9 Å². The smallest absolute Gasteiger partial charge is 0.422 e. The summed E-state index contributed by atoms with van der Waals surface area (Å²) in [6, 6.07) is 11.9. The molecule has 10 heteroatoms. The Morgan fingerprint density at radius 2 is 1.77 bits per heavy atom. The van der Waals surface area contributed by atoms with Gasteiger partial charge in [-0.05, 0) is 25.1 Å². The van der Waals surface area contributed by atoms with Crippen molar-refractivity contribution in [3.8, 4) is 17.2 Å². The summed E-state index contributed by atoms with van der Waals surface area (Å²) in [4.78, 5) is 4.13. The fraction of sp³-hybridized carbons (Fsp3) is 0.350. The second kappa shape index (κ2) is 12.4. The summed E-state index contributed by atoms with van der Waals surface area (Å²) in [5.74, 6) is 1.79. The molecule has 2 aromatic carbocycles. The molecule has 0 aliphatic heterocycles. The molecule has 0 fully saturated rings. The van der Waals surface area contributed by atoms with E-state index < -0.39 is 12.8 Å². The van der Waals surface area contributed by atoms with Crippen molar-refractivity contribution in [2.75, 3.05) is 32.7 Å². The molecule has 0 spiro atoms. The molecule has 0 atom stereocenters. The molecule has 0 aliphatic carbocycles. The average Bonchev–Trinajstić information content (AvgIpc) is 2.70. The highest BCUT2D eigenvalue weighted by Crippen LogP contribution is 2.30. The number of methoxy groups -OCH3 is 1. The number of benzene rings is 2. The fourth-order valence-corrected chi connectivity index (χ4v) is 2.47. The maximum absolute atomic E-state index is 12.4. The normalized spacial score (nSPS) is 11.3. The Morgan fingerprint density at radius 3 is 2.40 bits per heavy atom. The van der Waals surface area contributed by atoms with Crippen molar-refractivity contribution in [3.63, 3.8) is 0 Å².